The van der Waals surface area contributed by atoms with Crippen LogP contribution in [0.1, 0.15) is 30.5 Å². The van der Waals surface area contributed by atoms with Crippen LogP contribution in [0.4, 0.5) is 28.4 Å². The van der Waals surface area contributed by atoms with Crippen LogP contribution in [-0.2, 0) is 5.41 Å². The van der Waals surface area contributed by atoms with Crippen molar-refractivity contribution in [2.45, 2.75) is 36.0 Å². The Kier molecular flexibility index (Phi) is 3.86. The zero-order chi connectivity index (χ0) is 25.3. The van der Waals surface area contributed by atoms with E-state index < -0.39 is 0 Å². The quantitative estimate of drug-likeness (QED) is 0.199. The fourth-order valence-corrected chi connectivity index (χ4v) is 8.57. The molecule has 0 N–H and O–H groups in total. The highest BCUT2D eigenvalue weighted by atomic mass is 32.2. The summed E-state index contributed by atoms with van der Waals surface area (Å²) in [7, 11) is 0. The van der Waals surface area contributed by atoms with Gasteiger partial charge in [-0.3, -0.25) is 0 Å². The Hall–Kier alpha value is -3.89. The highest BCUT2D eigenvalue weighted by Crippen LogP contribution is 2.58. The molecule has 0 bridgehead atoms. The predicted octanol–water partition coefficient (Wildman–Crippen LogP) is 7.81. The molecule has 5 aromatic carbocycles. The summed E-state index contributed by atoms with van der Waals surface area (Å²) in [5.41, 5.74) is 16.2. The first-order chi connectivity index (χ1) is 18.5. The third kappa shape index (κ3) is 2.39. The van der Waals surface area contributed by atoms with Gasteiger partial charge in [0.1, 0.15) is 0 Å². The van der Waals surface area contributed by atoms with Crippen LogP contribution < -0.4 is 20.6 Å². The first-order valence-corrected chi connectivity index (χ1v) is 14.2. The molecule has 4 heteroatoms. The van der Waals surface area contributed by atoms with Crippen LogP contribution >= 0.6 is 11.8 Å². The van der Waals surface area contributed by atoms with Crippen LogP contribution in [0.25, 0.3) is 11.1 Å². The van der Waals surface area contributed by atoms with E-state index >= 15 is 0 Å². The van der Waals surface area contributed by atoms with Gasteiger partial charge in [0, 0.05) is 37.8 Å². The van der Waals surface area contributed by atoms with Gasteiger partial charge in [-0.05, 0) is 70.4 Å². The number of rotatable bonds is 0. The van der Waals surface area contributed by atoms with Gasteiger partial charge in [-0.25, -0.2) is 0 Å². The minimum Gasteiger partial charge on any atom is -0.374 e. The van der Waals surface area contributed by atoms with Crippen molar-refractivity contribution in [3.63, 3.8) is 0 Å². The van der Waals surface area contributed by atoms with E-state index in [-0.39, 0.29) is 12.3 Å². The van der Waals surface area contributed by atoms with Gasteiger partial charge in [-0.15, -0.1) is 0 Å². The van der Waals surface area contributed by atoms with E-state index in [1.807, 2.05) is 11.8 Å². The summed E-state index contributed by atoms with van der Waals surface area (Å²) >= 11 is 1.90. The van der Waals surface area contributed by atoms with Gasteiger partial charge >= 0.3 is 6.85 Å². The Balaban J connectivity index is 1.47. The van der Waals surface area contributed by atoms with E-state index in [1.165, 1.54) is 77.0 Å². The van der Waals surface area contributed by atoms with Crippen LogP contribution in [0.2, 0.25) is 0 Å². The zero-order valence-corrected chi connectivity index (χ0v) is 22.4. The molecule has 0 aliphatic carbocycles. The van der Waals surface area contributed by atoms with E-state index in [0.29, 0.717) is 0 Å². The topological polar surface area (TPSA) is 6.48 Å². The van der Waals surface area contributed by atoms with Crippen LogP contribution in [-0.4, -0.2) is 6.85 Å². The second-order valence-electron chi connectivity index (χ2n) is 11.5. The van der Waals surface area contributed by atoms with Crippen molar-refractivity contribution in [3.8, 4) is 11.1 Å². The minimum atomic E-state index is -0.0873. The maximum atomic E-state index is 2.65. The third-order valence-corrected chi connectivity index (χ3v) is 10.1. The van der Waals surface area contributed by atoms with Gasteiger partial charge in [0.05, 0.1) is 11.4 Å². The third-order valence-electron chi connectivity index (χ3n) is 9.03. The number of hydrogen-bond acceptors (Lipinski definition) is 3. The molecule has 9 rings (SSSR count). The van der Waals surface area contributed by atoms with Crippen molar-refractivity contribution in [2.24, 2.45) is 0 Å². The molecule has 0 spiro atoms. The Morgan fingerprint density at radius 3 is 2.29 bits per heavy atom. The molecule has 0 aromatic heterocycles. The van der Waals surface area contributed by atoms with Crippen molar-refractivity contribution < 1.29 is 0 Å². The normalized spacial score (nSPS) is 16.2. The van der Waals surface area contributed by atoms with Crippen molar-refractivity contribution in [2.75, 3.05) is 9.71 Å². The monoisotopic (exact) mass is 504 g/mol. The maximum absolute atomic E-state index is 2.65. The van der Waals surface area contributed by atoms with E-state index in [0.717, 1.165) is 0 Å². The summed E-state index contributed by atoms with van der Waals surface area (Å²) in [6.07, 6.45) is 0. The molecule has 5 aromatic rings. The molecule has 0 saturated carbocycles. The molecular formula is C34H25BN2S. The maximum Gasteiger partial charge on any atom is 0.333 e. The number of benzene rings is 5. The smallest absolute Gasteiger partial charge is 0.333 e. The molecule has 38 heavy (non-hydrogen) atoms. The minimum absolute atomic E-state index is 0.0873. The molecule has 4 heterocycles. The molecule has 0 unspecified atom stereocenters. The number of anilines is 5. The molecule has 4 aliphatic rings. The SMILES string of the molecule is Cc1cc2c3c(c1)N1c4ccccc4C(C)(C)c4cccc(c41)B3N1c3ccccc3Sc3cccc-2c31. The molecule has 0 atom stereocenters. The predicted molar refractivity (Wildman–Crippen MR) is 161 cm³/mol. The van der Waals surface area contributed by atoms with Crippen molar-refractivity contribution in [1.82, 2.24) is 0 Å². The zero-order valence-electron chi connectivity index (χ0n) is 21.6. The Labute approximate surface area is 228 Å². The fourth-order valence-electron chi connectivity index (χ4n) is 7.47. The van der Waals surface area contributed by atoms with Crippen LogP contribution in [0, 0.1) is 6.92 Å². The number of aryl methyl sites for hydroxylation is 1. The van der Waals surface area contributed by atoms with Crippen LogP contribution in [0.3, 0.4) is 0 Å². The molecule has 0 saturated heterocycles. The number of nitrogens with zero attached hydrogens (tertiary/aromatic N) is 2. The van der Waals surface area contributed by atoms with Crippen molar-refractivity contribution in [1.29, 1.82) is 0 Å². The lowest BCUT2D eigenvalue weighted by Crippen LogP contribution is -2.63. The molecule has 180 valence electrons. The molecule has 0 radical (unpaired) electrons. The second kappa shape index (κ2) is 6.95. The summed E-state index contributed by atoms with van der Waals surface area (Å²) in [6.45, 7) is 7.14. The summed E-state index contributed by atoms with van der Waals surface area (Å²) < 4.78 is 0. The van der Waals surface area contributed by atoms with Gasteiger partial charge in [0.2, 0.25) is 0 Å². The summed E-state index contributed by atoms with van der Waals surface area (Å²) in [5.74, 6) is 0. The van der Waals surface area contributed by atoms with E-state index in [4.69, 9.17) is 0 Å². The first kappa shape index (κ1) is 21.1. The fraction of sp³-hybridized carbons (Fsp3) is 0.118. The van der Waals surface area contributed by atoms with Crippen LogP contribution in [0.15, 0.2) is 107 Å². The summed E-state index contributed by atoms with van der Waals surface area (Å²) in [5, 5.41) is 0. The Morgan fingerprint density at radius 1 is 0.658 bits per heavy atom. The van der Waals surface area contributed by atoms with Crippen LogP contribution in [0.5, 0.6) is 0 Å². The van der Waals surface area contributed by atoms with Gasteiger partial charge in [-0.2, -0.15) is 0 Å². The number of fused-ring (bicyclic) bond motifs is 8. The number of para-hydroxylation sites is 4. The second-order valence-corrected chi connectivity index (χ2v) is 12.5. The molecule has 2 nitrogen and oxygen atoms in total. The highest BCUT2D eigenvalue weighted by molar-refractivity contribution is 7.99. The van der Waals surface area contributed by atoms with E-state index in [1.54, 1.807) is 0 Å². The largest absolute Gasteiger partial charge is 0.374 e. The summed E-state index contributed by atoms with van der Waals surface area (Å²) in [6, 6.07) is 36.6. The van der Waals surface area contributed by atoms with Gasteiger partial charge in [0.15, 0.2) is 0 Å². The molecule has 4 aliphatic heterocycles. The molecule has 0 amide bonds. The molecule has 0 fully saturated rings. The lowest BCUT2D eigenvalue weighted by Gasteiger charge is -2.51. The van der Waals surface area contributed by atoms with Gasteiger partial charge in [-0.1, -0.05) is 92.3 Å². The summed E-state index contributed by atoms with van der Waals surface area (Å²) in [4.78, 5) is 7.89. The Bertz CT molecular complexity index is 1870. The van der Waals surface area contributed by atoms with E-state index in [2.05, 4.69) is 128 Å². The lowest BCUT2D eigenvalue weighted by molar-refractivity contribution is 0.632. The van der Waals surface area contributed by atoms with E-state index in [9.17, 15) is 0 Å². The van der Waals surface area contributed by atoms with Crippen molar-refractivity contribution >= 4 is 58.0 Å². The lowest BCUT2D eigenvalue weighted by atomic mass is 9.42. The average molecular weight is 504 g/mol. The standard InChI is InChI=1S/C34H25BN2S/c1-20-18-22-21-10-8-17-30-32(21)37(27-15-6-7-16-29(27)38-30)35-25-13-9-12-24-33(25)36(28(19-20)31(22)35)26-14-5-4-11-23(26)34(24,2)3/h4-19H,1-3H3. The number of hydrogen-bond donors (Lipinski definition) is 0. The Morgan fingerprint density at radius 2 is 1.39 bits per heavy atom. The van der Waals surface area contributed by atoms with Crippen molar-refractivity contribution in [3.05, 3.63) is 114 Å². The highest BCUT2D eigenvalue weighted by Gasteiger charge is 2.50. The first-order valence-electron chi connectivity index (χ1n) is 13.4. The van der Waals surface area contributed by atoms with Gasteiger partial charge in [0.25, 0.3) is 0 Å². The molecular weight excluding hydrogens is 479 g/mol. The van der Waals surface area contributed by atoms with Gasteiger partial charge < -0.3 is 9.71 Å². The average Bonchev–Trinajstić information content (AvgIpc) is 2.93.